The van der Waals surface area contributed by atoms with Crippen LogP contribution in [0.25, 0.3) is 11.3 Å². The summed E-state index contributed by atoms with van der Waals surface area (Å²) < 4.78 is 11.1. The second-order valence-electron chi connectivity index (χ2n) is 5.27. The molecule has 0 saturated heterocycles. The fourth-order valence-corrected chi connectivity index (χ4v) is 2.27. The Morgan fingerprint density at radius 2 is 2.04 bits per heavy atom. The molecule has 1 aliphatic rings. The van der Waals surface area contributed by atoms with Crippen LogP contribution in [-0.4, -0.2) is 30.1 Å². The molecule has 2 aromatic rings. The smallest absolute Gasteiger partial charge is 0.242 e. The standard InChI is InChI=1S/C17H19N3O3/c1-2-12(18)17(21)20-16-5-3-4-13(19-16)11-6-7-14-15(10-11)23-9-8-22-14/h3-7,10,12H,2,8-9,18H2,1H3,(H,19,20,21)/t12-/m0/s1. The number of pyridine rings is 1. The first kappa shape index (κ1) is 15.3. The lowest BCUT2D eigenvalue weighted by molar-refractivity contribution is -0.117. The predicted molar refractivity (Wildman–Crippen MR) is 87.6 cm³/mol. The third kappa shape index (κ3) is 3.43. The Hall–Kier alpha value is -2.60. The summed E-state index contributed by atoms with van der Waals surface area (Å²) in [5, 5.41) is 2.73. The van der Waals surface area contributed by atoms with Gasteiger partial charge in [0.2, 0.25) is 5.91 Å². The van der Waals surface area contributed by atoms with Gasteiger partial charge in [-0.1, -0.05) is 13.0 Å². The molecule has 0 radical (unpaired) electrons. The number of anilines is 1. The van der Waals surface area contributed by atoms with E-state index in [0.29, 0.717) is 31.2 Å². The van der Waals surface area contributed by atoms with E-state index in [2.05, 4.69) is 10.3 Å². The number of aromatic nitrogens is 1. The maximum atomic E-state index is 11.9. The Labute approximate surface area is 134 Å². The topological polar surface area (TPSA) is 86.5 Å². The molecule has 1 aliphatic heterocycles. The van der Waals surface area contributed by atoms with Gasteiger partial charge in [-0.15, -0.1) is 0 Å². The first-order valence-electron chi connectivity index (χ1n) is 7.61. The molecule has 6 nitrogen and oxygen atoms in total. The van der Waals surface area contributed by atoms with Crippen LogP contribution in [0.1, 0.15) is 13.3 Å². The van der Waals surface area contributed by atoms with Gasteiger partial charge in [0, 0.05) is 5.56 Å². The largest absolute Gasteiger partial charge is 0.486 e. The number of nitrogens with two attached hydrogens (primary N) is 1. The number of hydrogen-bond acceptors (Lipinski definition) is 5. The minimum Gasteiger partial charge on any atom is -0.486 e. The van der Waals surface area contributed by atoms with Gasteiger partial charge in [0.05, 0.1) is 11.7 Å². The molecule has 1 atom stereocenters. The van der Waals surface area contributed by atoms with Gasteiger partial charge in [0.25, 0.3) is 0 Å². The van der Waals surface area contributed by atoms with E-state index in [1.807, 2.05) is 37.3 Å². The number of fused-ring (bicyclic) bond motifs is 1. The van der Waals surface area contributed by atoms with Crippen LogP contribution < -0.4 is 20.5 Å². The highest BCUT2D eigenvalue weighted by atomic mass is 16.6. The van der Waals surface area contributed by atoms with Crippen molar-refractivity contribution in [3.8, 4) is 22.8 Å². The van der Waals surface area contributed by atoms with Crippen LogP contribution in [0.15, 0.2) is 36.4 Å². The van der Waals surface area contributed by atoms with Gasteiger partial charge < -0.3 is 20.5 Å². The lowest BCUT2D eigenvalue weighted by Gasteiger charge is -2.18. The van der Waals surface area contributed by atoms with E-state index in [1.165, 1.54) is 0 Å². The predicted octanol–water partition coefficient (Wildman–Crippen LogP) is 2.20. The number of carbonyl (C=O) groups excluding carboxylic acids is 1. The Bertz CT molecular complexity index is 718. The molecule has 2 heterocycles. The summed E-state index contributed by atoms with van der Waals surface area (Å²) in [6.45, 7) is 2.96. The Morgan fingerprint density at radius 1 is 1.26 bits per heavy atom. The molecular formula is C17H19N3O3. The summed E-state index contributed by atoms with van der Waals surface area (Å²) in [6.07, 6.45) is 0.577. The Morgan fingerprint density at radius 3 is 2.83 bits per heavy atom. The third-order valence-corrected chi connectivity index (χ3v) is 3.61. The normalized spacial score (nSPS) is 14.2. The van der Waals surface area contributed by atoms with E-state index in [9.17, 15) is 4.79 Å². The zero-order chi connectivity index (χ0) is 16.2. The van der Waals surface area contributed by atoms with Crippen LogP contribution in [0.5, 0.6) is 11.5 Å². The van der Waals surface area contributed by atoms with Crippen LogP contribution in [0.2, 0.25) is 0 Å². The average Bonchev–Trinajstić information content (AvgIpc) is 2.60. The fourth-order valence-electron chi connectivity index (χ4n) is 2.27. The molecule has 3 N–H and O–H groups in total. The van der Waals surface area contributed by atoms with Gasteiger partial charge in [-0.3, -0.25) is 4.79 Å². The number of nitrogens with one attached hydrogen (secondary N) is 1. The van der Waals surface area contributed by atoms with E-state index < -0.39 is 6.04 Å². The van der Waals surface area contributed by atoms with Gasteiger partial charge in [-0.2, -0.15) is 0 Å². The van der Waals surface area contributed by atoms with Crippen molar-refractivity contribution < 1.29 is 14.3 Å². The van der Waals surface area contributed by atoms with Crippen molar-refractivity contribution in [2.45, 2.75) is 19.4 Å². The Kier molecular flexibility index (Phi) is 4.43. The maximum absolute atomic E-state index is 11.9. The minimum atomic E-state index is -0.533. The third-order valence-electron chi connectivity index (χ3n) is 3.61. The summed E-state index contributed by atoms with van der Waals surface area (Å²) >= 11 is 0. The average molecular weight is 313 g/mol. The SMILES string of the molecule is CC[C@H](N)C(=O)Nc1cccc(-c2ccc3c(c2)OCCO3)n1. The molecule has 120 valence electrons. The van der Waals surface area contributed by atoms with Crippen molar-refractivity contribution in [2.24, 2.45) is 5.73 Å². The van der Waals surface area contributed by atoms with E-state index in [-0.39, 0.29) is 5.91 Å². The highest BCUT2D eigenvalue weighted by Crippen LogP contribution is 2.34. The number of hydrogen-bond donors (Lipinski definition) is 2. The summed E-state index contributed by atoms with van der Waals surface area (Å²) in [5.74, 6) is 1.68. The summed E-state index contributed by atoms with van der Waals surface area (Å²) in [6, 6.07) is 10.6. The zero-order valence-corrected chi connectivity index (χ0v) is 12.9. The molecule has 6 heteroatoms. The highest BCUT2D eigenvalue weighted by Gasteiger charge is 2.14. The van der Waals surface area contributed by atoms with Gasteiger partial charge in [-0.05, 0) is 36.8 Å². The van der Waals surface area contributed by atoms with E-state index >= 15 is 0 Å². The van der Waals surface area contributed by atoms with E-state index in [0.717, 1.165) is 17.0 Å². The van der Waals surface area contributed by atoms with E-state index in [1.54, 1.807) is 6.07 Å². The molecule has 0 aliphatic carbocycles. The molecule has 0 spiro atoms. The van der Waals surface area contributed by atoms with Crippen LogP contribution in [0.3, 0.4) is 0 Å². The number of benzene rings is 1. The molecule has 1 aromatic carbocycles. The summed E-state index contributed by atoms with van der Waals surface area (Å²) in [5.41, 5.74) is 7.35. The van der Waals surface area contributed by atoms with E-state index in [4.69, 9.17) is 15.2 Å². The number of amides is 1. The van der Waals surface area contributed by atoms with Crippen LogP contribution >= 0.6 is 0 Å². The first-order valence-corrected chi connectivity index (χ1v) is 7.61. The van der Waals surface area contributed by atoms with Crippen molar-refractivity contribution in [3.05, 3.63) is 36.4 Å². The molecule has 23 heavy (non-hydrogen) atoms. The number of nitrogens with zero attached hydrogens (tertiary/aromatic N) is 1. The van der Waals surface area contributed by atoms with Gasteiger partial charge in [0.1, 0.15) is 19.0 Å². The fraction of sp³-hybridized carbons (Fsp3) is 0.294. The minimum absolute atomic E-state index is 0.237. The second kappa shape index (κ2) is 6.66. The molecule has 0 fully saturated rings. The first-order chi connectivity index (χ1) is 11.2. The molecule has 1 amide bonds. The quantitative estimate of drug-likeness (QED) is 0.903. The summed E-state index contributed by atoms with van der Waals surface area (Å²) in [4.78, 5) is 16.3. The lowest BCUT2D eigenvalue weighted by atomic mass is 10.1. The maximum Gasteiger partial charge on any atom is 0.242 e. The Balaban J connectivity index is 1.83. The molecule has 0 saturated carbocycles. The van der Waals surface area contributed by atoms with Gasteiger partial charge >= 0.3 is 0 Å². The van der Waals surface area contributed by atoms with Gasteiger partial charge in [0.15, 0.2) is 11.5 Å². The number of carbonyl (C=O) groups is 1. The molecule has 3 rings (SSSR count). The summed E-state index contributed by atoms with van der Waals surface area (Å²) in [7, 11) is 0. The zero-order valence-electron chi connectivity index (χ0n) is 12.9. The van der Waals surface area contributed by atoms with Crippen LogP contribution in [0.4, 0.5) is 5.82 Å². The van der Waals surface area contributed by atoms with Crippen molar-refractivity contribution >= 4 is 11.7 Å². The van der Waals surface area contributed by atoms with Crippen LogP contribution in [0, 0.1) is 0 Å². The molecule has 1 aromatic heterocycles. The second-order valence-corrected chi connectivity index (χ2v) is 5.27. The van der Waals surface area contributed by atoms with Crippen LogP contribution in [-0.2, 0) is 4.79 Å². The highest BCUT2D eigenvalue weighted by molar-refractivity contribution is 5.94. The molecule has 0 unspecified atom stereocenters. The van der Waals surface area contributed by atoms with Crippen molar-refractivity contribution in [3.63, 3.8) is 0 Å². The van der Waals surface area contributed by atoms with Crippen molar-refractivity contribution in [1.29, 1.82) is 0 Å². The van der Waals surface area contributed by atoms with Crippen molar-refractivity contribution in [2.75, 3.05) is 18.5 Å². The monoisotopic (exact) mass is 313 g/mol. The lowest BCUT2D eigenvalue weighted by Crippen LogP contribution is -2.35. The van der Waals surface area contributed by atoms with Crippen molar-refractivity contribution in [1.82, 2.24) is 4.98 Å². The number of rotatable bonds is 4. The molecular weight excluding hydrogens is 294 g/mol. The molecule has 0 bridgehead atoms. The van der Waals surface area contributed by atoms with Gasteiger partial charge in [-0.25, -0.2) is 4.98 Å². The number of ether oxygens (including phenoxy) is 2.